The van der Waals surface area contributed by atoms with Crippen LogP contribution in [0, 0.1) is 11.7 Å². The van der Waals surface area contributed by atoms with E-state index in [1.54, 1.807) is 6.07 Å². The second-order valence-corrected chi connectivity index (χ2v) is 7.73. The van der Waals surface area contributed by atoms with Crippen LogP contribution >= 0.6 is 11.3 Å². The van der Waals surface area contributed by atoms with Crippen molar-refractivity contribution in [2.45, 2.75) is 31.7 Å². The van der Waals surface area contributed by atoms with Crippen molar-refractivity contribution >= 4 is 33.2 Å². The average Bonchev–Trinajstić information content (AvgIpc) is 3.30. The fourth-order valence-electron chi connectivity index (χ4n) is 3.16. The Morgan fingerprint density at radius 1 is 1.12 bits per heavy atom. The molecule has 2 aliphatic rings. The number of carbonyl (C=O) groups excluding carboxylic acids is 2. The molecule has 126 valence electrons. The maximum atomic E-state index is 13.3. The number of rotatable bonds is 3. The first-order valence-corrected chi connectivity index (χ1v) is 9.20. The number of halogens is 1. The van der Waals surface area contributed by atoms with Gasteiger partial charge in [0.05, 0.1) is 4.88 Å². The predicted molar refractivity (Wildman–Crippen MR) is 91.6 cm³/mol. The topological polar surface area (TPSA) is 49.4 Å². The minimum Gasteiger partial charge on any atom is -0.353 e. The molecule has 0 atom stereocenters. The van der Waals surface area contributed by atoms with E-state index in [9.17, 15) is 14.0 Å². The molecule has 1 saturated carbocycles. The molecule has 2 aromatic rings. The normalized spacial score (nSPS) is 18.8. The van der Waals surface area contributed by atoms with Crippen LogP contribution in [0.25, 0.3) is 10.1 Å². The Bertz CT molecular complexity index is 791. The van der Waals surface area contributed by atoms with Crippen LogP contribution in [0.5, 0.6) is 0 Å². The SMILES string of the molecule is O=C(NC1CC1)C1CCN(C(=O)c2cc3ccc(F)cc3s2)CC1. The quantitative estimate of drug-likeness (QED) is 0.928. The minimum absolute atomic E-state index is 0.0161. The fourth-order valence-corrected chi connectivity index (χ4v) is 4.21. The van der Waals surface area contributed by atoms with Crippen LogP contribution in [-0.4, -0.2) is 35.8 Å². The van der Waals surface area contributed by atoms with Gasteiger partial charge in [0, 0.05) is 29.7 Å². The zero-order chi connectivity index (χ0) is 16.7. The number of amides is 2. The highest BCUT2D eigenvalue weighted by molar-refractivity contribution is 7.20. The molecule has 1 saturated heterocycles. The number of likely N-dealkylation sites (tertiary alicyclic amines) is 1. The lowest BCUT2D eigenvalue weighted by molar-refractivity contribution is -0.126. The lowest BCUT2D eigenvalue weighted by atomic mass is 9.95. The van der Waals surface area contributed by atoms with E-state index in [4.69, 9.17) is 0 Å². The van der Waals surface area contributed by atoms with Crippen molar-refractivity contribution in [1.29, 1.82) is 0 Å². The van der Waals surface area contributed by atoms with Crippen molar-refractivity contribution < 1.29 is 14.0 Å². The Labute approximate surface area is 143 Å². The first kappa shape index (κ1) is 15.6. The Kier molecular flexibility index (Phi) is 4.00. The minimum atomic E-state index is -0.286. The van der Waals surface area contributed by atoms with Gasteiger partial charge in [-0.15, -0.1) is 11.3 Å². The number of hydrogen-bond donors (Lipinski definition) is 1. The molecule has 1 aliphatic heterocycles. The van der Waals surface area contributed by atoms with Gasteiger partial charge in [0.15, 0.2) is 0 Å². The van der Waals surface area contributed by atoms with Gasteiger partial charge < -0.3 is 10.2 Å². The van der Waals surface area contributed by atoms with Crippen molar-refractivity contribution in [3.05, 3.63) is 35.0 Å². The van der Waals surface area contributed by atoms with Gasteiger partial charge in [-0.2, -0.15) is 0 Å². The van der Waals surface area contributed by atoms with E-state index in [1.807, 2.05) is 11.0 Å². The van der Waals surface area contributed by atoms with E-state index in [2.05, 4.69) is 5.32 Å². The second-order valence-electron chi connectivity index (χ2n) is 6.64. The predicted octanol–water partition coefficient (Wildman–Crippen LogP) is 3.17. The lowest BCUT2D eigenvalue weighted by Crippen LogP contribution is -2.43. The Morgan fingerprint density at radius 3 is 2.58 bits per heavy atom. The molecule has 1 aromatic carbocycles. The molecule has 0 unspecified atom stereocenters. The maximum absolute atomic E-state index is 13.3. The van der Waals surface area contributed by atoms with Gasteiger partial charge in [-0.05, 0) is 49.3 Å². The van der Waals surface area contributed by atoms with E-state index in [1.165, 1.54) is 23.5 Å². The van der Waals surface area contributed by atoms with E-state index in [-0.39, 0.29) is 23.5 Å². The third kappa shape index (κ3) is 3.15. The van der Waals surface area contributed by atoms with Gasteiger partial charge in [0.1, 0.15) is 5.82 Å². The van der Waals surface area contributed by atoms with E-state index >= 15 is 0 Å². The summed E-state index contributed by atoms with van der Waals surface area (Å²) in [6.45, 7) is 1.20. The molecular weight excluding hydrogens is 327 g/mol. The third-order valence-electron chi connectivity index (χ3n) is 4.77. The molecule has 6 heteroatoms. The Morgan fingerprint density at radius 2 is 1.88 bits per heavy atom. The number of carbonyl (C=O) groups is 2. The van der Waals surface area contributed by atoms with Gasteiger partial charge in [-0.1, -0.05) is 6.07 Å². The lowest BCUT2D eigenvalue weighted by Gasteiger charge is -2.31. The molecule has 24 heavy (non-hydrogen) atoms. The molecule has 4 rings (SSSR count). The molecule has 0 spiro atoms. The van der Waals surface area contributed by atoms with E-state index < -0.39 is 0 Å². The number of nitrogens with zero attached hydrogens (tertiary/aromatic N) is 1. The number of nitrogens with one attached hydrogen (secondary N) is 1. The van der Waals surface area contributed by atoms with Gasteiger partial charge in [0.2, 0.25) is 5.91 Å². The summed E-state index contributed by atoms with van der Waals surface area (Å²) in [6.07, 6.45) is 3.61. The molecule has 0 bridgehead atoms. The zero-order valence-corrected chi connectivity index (χ0v) is 14.1. The van der Waals surface area contributed by atoms with Gasteiger partial charge in [0.25, 0.3) is 5.91 Å². The Hall–Kier alpha value is -1.95. The molecular formula is C18H19FN2O2S. The van der Waals surface area contributed by atoms with Crippen molar-refractivity contribution in [3.8, 4) is 0 Å². The molecule has 1 aromatic heterocycles. The summed E-state index contributed by atoms with van der Waals surface area (Å²) in [5.74, 6) is -0.142. The molecule has 2 heterocycles. The summed E-state index contributed by atoms with van der Waals surface area (Å²) in [4.78, 5) is 27.2. The third-order valence-corrected chi connectivity index (χ3v) is 5.86. The molecule has 1 aliphatic carbocycles. The zero-order valence-electron chi connectivity index (χ0n) is 13.3. The monoisotopic (exact) mass is 346 g/mol. The van der Waals surface area contributed by atoms with E-state index in [0.717, 1.165) is 22.9 Å². The van der Waals surface area contributed by atoms with Crippen LogP contribution in [0.1, 0.15) is 35.4 Å². The highest BCUT2D eigenvalue weighted by atomic mass is 32.1. The first-order valence-electron chi connectivity index (χ1n) is 8.39. The van der Waals surface area contributed by atoms with Crippen molar-refractivity contribution in [1.82, 2.24) is 10.2 Å². The van der Waals surface area contributed by atoms with Crippen LogP contribution < -0.4 is 5.32 Å². The van der Waals surface area contributed by atoms with Gasteiger partial charge >= 0.3 is 0 Å². The number of fused-ring (bicyclic) bond motifs is 1. The van der Waals surface area contributed by atoms with Crippen LogP contribution in [0.4, 0.5) is 4.39 Å². The van der Waals surface area contributed by atoms with E-state index in [0.29, 0.717) is 36.9 Å². The number of hydrogen-bond acceptors (Lipinski definition) is 3. The molecule has 2 fully saturated rings. The fraction of sp³-hybridized carbons (Fsp3) is 0.444. The van der Waals surface area contributed by atoms with Crippen LogP contribution in [-0.2, 0) is 4.79 Å². The van der Waals surface area contributed by atoms with Crippen LogP contribution in [0.2, 0.25) is 0 Å². The van der Waals surface area contributed by atoms with Gasteiger partial charge in [-0.3, -0.25) is 9.59 Å². The van der Waals surface area contributed by atoms with Crippen LogP contribution in [0.3, 0.4) is 0 Å². The summed E-state index contributed by atoms with van der Waals surface area (Å²) in [7, 11) is 0. The van der Waals surface area contributed by atoms with Crippen molar-refractivity contribution in [3.63, 3.8) is 0 Å². The molecule has 4 nitrogen and oxygen atoms in total. The smallest absolute Gasteiger partial charge is 0.263 e. The molecule has 0 radical (unpaired) electrons. The van der Waals surface area contributed by atoms with Gasteiger partial charge in [-0.25, -0.2) is 4.39 Å². The molecule has 1 N–H and O–H groups in total. The largest absolute Gasteiger partial charge is 0.353 e. The van der Waals surface area contributed by atoms with Crippen LogP contribution in [0.15, 0.2) is 24.3 Å². The van der Waals surface area contributed by atoms with Crippen molar-refractivity contribution in [2.75, 3.05) is 13.1 Å². The summed E-state index contributed by atoms with van der Waals surface area (Å²) in [5.41, 5.74) is 0. The standard InChI is InChI=1S/C18H19FN2O2S/c19-13-2-1-12-9-16(24-15(12)10-13)18(23)21-7-5-11(6-8-21)17(22)20-14-3-4-14/h1-2,9-11,14H,3-8H2,(H,20,22). The summed E-state index contributed by atoms with van der Waals surface area (Å²) >= 11 is 1.33. The number of piperidine rings is 1. The van der Waals surface area contributed by atoms with Crippen molar-refractivity contribution in [2.24, 2.45) is 5.92 Å². The summed E-state index contributed by atoms with van der Waals surface area (Å²) < 4.78 is 14.1. The Balaban J connectivity index is 1.40. The second kappa shape index (κ2) is 6.16. The number of benzene rings is 1. The highest BCUT2D eigenvalue weighted by Gasteiger charge is 2.31. The average molecular weight is 346 g/mol. The highest BCUT2D eigenvalue weighted by Crippen LogP contribution is 2.29. The summed E-state index contributed by atoms with van der Waals surface area (Å²) in [5, 5.41) is 3.94. The number of thiophene rings is 1. The maximum Gasteiger partial charge on any atom is 0.263 e. The summed E-state index contributed by atoms with van der Waals surface area (Å²) in [6, 6.07) is 6.79. The molecule has 2 amide bonds. The first-order chi connectivity index (χ1) is 11.6.